The minimum Gasteiger partial charge on any atom is -0.508 e. The van der Waals surface area contributed by atoms with Crippen LogP contribution in [-0.2, 0) is 14.3 Å². The van der Waals surface area contributed by atoms with Crippen LogP contribution in [0.1, 0.15) is 12.8 Å². The molecule has 0 aromatic heterocycles. The lowest BCUT2D eigenvalue weighted by Gasteiger charge is -2.23. The third-order valence-corrected chi connectivity index (χ3v) is 4.92. The van der Waals surface area contributed by atoms with Gasteiger partial charge in [0.2, 0.25) is 5.91 Å². The number of carbonyl (C=O) groups excluding carboxylic acids is 2. The molecule has 2 aliphatic carbocycles. The molecule has 0 spiro atoms. The summed E-state index contributed by atoms with van der Waals surface area (Å²) >= 11 is 0. The zero-order valence-corrected chi connectivity index (χ0v) is 10.8. The normalized spacial score (nSPS) is 37.0. The predicted molar refractivity (Wildman–Crippen MR) is 69.8 cm³/mol. The number of phenols is 1. The Balaban J connectivity index is 1.54. The molecule has 0 radical (unpaired) electrons. The van der Waals surface area contributed by atoms with Crippen molar-refractivity contribution in [3.8, 4) is 5.75 Å². The number of nitrogens with one attached hydrogen (secondary N) is 1. The lowest BCUT2D eigenvalue weighted by Crippen LogP contribution is -2.35. The van der Waals surface area contributed by atoms with Crippen molar-refractivity contribution in [2.75, 3.05) is 5.32 Å². The highest BCUT2D eigenvalue weighted by Crippen LogP contribution is 2.57. The molecule has 2 N–H and O–H groups in total. The number of anilines is 1. The van der Waals surface area contributed by atoms with Gasteiger partial charge in [-0.3, -0.25) is 9.59 Å². The Morgan fingerprint density at radius 3 is 2.75 bits per heavy atom. The zero-order chi connectivity index (χ0) is 13.9. The Labute approximate surface area is 115 Å². The highest BCUT2D eigenvalue weighted by molar-refractivity contribution is 5.96. The summed E-state index contributed by atoms with van der Waals surface area (Å²) in [6.45, 7) is 0. The van der Waals surface area contributed by atoms with Gasteiger partial charge in [0.1, 0.15) is 11.9 Å². The molecular formula is C15H15NO4. The monoisotopic (exact) mass is 273 g/mol. The van der Waals surface area contributed by atoms with Crippen LogP contribution in [-0.4, -0.2) is 23.1 Å². The van der Waals surface area contributed by atoms with Gasteiger partial charge >= 0.3 is 5.97 Å². The maximum absolute atomic E-state index is 12.4. The summed E-state index contributed by atoms with van der Waals surface area (Å²) in [6.07, 6.45) is 1.80. The van der Waals surface area contributed by atoms with Crippen LogP contribution < -0.4 is 5.32 Å². The van der Waals surface area contributed by atoms with Gasteiger partial charge < -0.3 is 15.2 Å². The van der Waals surface area contributed by atoms with Gasteiger partial charge in [-0.1, -0.05) is 0 Å². The first-order valence-electron chi connectivity index (χ1n) is 6.94. The topological polar surface area (TPSA) is 75.6 Å². The van der Waals surface area contributed by atoms with Crippen molar-refractivity contribution in [3.63, 3.8) is 0 Å². The molecule has 1 aliphatic heterocycles. The molecule has 20 heavy (non-hydrogen) atoms. The second-order valence-corrected chi connectivity index (χ2v) is 5.96. The lowest BCUT2D eigenvalue weighted by atomic mass is 9.79. The highest BCUT2D eigenvalue weighted by Gasteiger charge is 2.63. The van der Waals surface area contributed by atoms with Gasteiger partial charge in [0.05, 0.1) is 11.8 Å². The summed E-state index contributed by atoms with van der Waals surface area (Å²) in [6, 6.07) is 6.35. The maximum Gasteiger partial charge on any atom is 0.310 e. The first kappa shape index (κ1) is 11.8. The molecule has 0 unspecified atom stereocenters. The molecule has 5 atom stereocenters. The first-order valence-corrected chi connectivity index (χ1v) is 6.94. The second kappa shape index (κ2) is 3.98. The molecule has 5 nitrogen and oxygen atoms in total. The number of amides is 1. The number of benzene rings is 1. The van der Waals surface area contributed by atoms with E-state index in [1.807, 2.05) is 0 Å². The lowest BCUT2D eigenvalue weighted by molar-refractivity contribution is -0.145. The van der Waals surface area contributed by atoms with E-state index in [1.54, 1.807) is 12.1 Å². The number of hydrogen-bond donors (Lipinski definition) is 2. The van der Waals surface area contributed by atoms with Crippen molar-refractivity contribution < 1.29 is 19.4 Å². The van der Waals surface area contributed by atoms with Crippen molar-refractivity contribution in [2.45, 2.75) is 18.9 Å². The molecule has 1 saturated heterocycles. The molecule has 1 heterocycles. The van der Waals surface area contributed by atoms with Crippen LogP contribution in [0.15, 0.2) is 24.3 Å². The number of rotatable bonds is 2. The Morgan fingerprint density at radius 2 is 2.00 bits per heavy atom. The van der Waals surface area contributed by atoms with Crippen molar-refractivity contribution in [1.82, 2.24) is 0 Å². The SMILES string of the molecule is O=C(Nc1ccc(O)cc1)[C@@H]1[C@@H]2C[C@@H]3[C@@H]1C(=O)O[C@H]3C2. The molecule has 2 bridgehead atoms. The summed E-state index contributed by atoms with van der Waals surface area (Å²) < 4.78 is 5.33. The van der Waals surface area contributed by atoms with E-state index in [9.17, 15) is 14.7 Å². The van der Waals surface area contributed by atoms with Gasteiger partial charge in [-0.25, -0.2) is 0 Å². The largest absolute Gasteiger partial charge is 0.508 e. The van der Waals surface area contributed by atoms with E-state index in [-0.39, 0.29) is 47.4 Å². The van der Waals surface area contributed by atoms with Crippen molar-refractivity contribution in [2.24, 2.45) is 23.7 Å². The molecule has 5 heteroatoms. The van der Waals surface area contributed by atoms with E-state index in [1.165, 1.54) is 12.1 Å². The average Bonchev–Trinajstić information content (AvgIpc) is 3.02. The number of carbonyl (C=O) groups is 2. The van der Waals surface area contributed by atoms with Crippen LogP contribution in [0.3, 0.4) is 0 Å². The van der Waals surface area contributed by atoms with E-state index in [4.69, 9.17) is 4.74 Å². The number of aromatic hydroxyl groups is 1. The van der Waals surface area contributed by atoms with Gasteiger partial charge in [0, 0.05) is 11.6 Å². The fourth-order valence-corrected chi connectivity index (χ4v) is 4.13. The molecule has 104 valence electrons. The fourth-order valence-electron chi connectivity index (χ4n) is 4.13. The Hall–Kier alpha value is -2.04. The van der Waals surface area contributed by atoms with E-state index < -0.39 is 0 Å². The number of esters is 1. The average molecular weight is 273 g/mol. The molecule has 1 aromatic rings. The van der Waals surface area contributed by atoms with Gasteiger partial charge in [-0.05, 0) is 43.0 Å². The van der Waals surface area contributed by atoms with E-state index in [0.717, 1.165) is 12.8 Å². The standard InChI is InChI=1S/C15H15NO4/c17-9-3-1-8(2-4-9)16-14(18)12-7-5-10-11(6-7)20-15(19)13(10)12/h1-4,7,10-13,17H,5-6H2,(H,16,18)/t7-,10+,11+,12-,13+/m1/s1. The minimum absolute atomic E-state index is 0.0511. The molecule has 4 rings (SSSR count). The van der Waals surface area contributed by atoms with Crippen LogP contribution in [0.25, 0.3) is 0 Å². The summed E-state index contributed by atoms with van der Waals surface area (Å²) in [5.74, 6) is -0.168. The smallest absolute Gasteiger partial charge is 0.310 e. The van der Waals surface area contributed by atoms with Crippen molar-refractivity contribution >= 4 is 17.6 Å². The van der Waals surface area contributed by atoms with Crippen molar-refractivity contribution in [3.05, 3.63) is 24.3 Å². The summed E-state index contributed by atoms with van der Waals surface area (Å²) in [5.41, 5.74) is 0.637. The second-order valence-electron chi connectivity index (χ2n) is 5.96. The molecule has 1 amide bonds. The Bertz CT molecular complexity index is 580. The van der Waals surface area contributed by atoms with Crippen molar-refractivity contribution in [1.29, 1.82) is 0 Å². The van der Waals surface area contributed by atoms with Crippen LogP contribution in [0.2, 0.25) is 0 Å². The predicted octanol–water partition coefficient (Wildman–Crippen LogP) is 1.53. The minimum atomic E-state index is -0.264. The van der Waals surface area contributed by atoms with Crippen LogP contribution in [0.5, 0.6) is 5.75 Å². The van der Waals surface area contributed by atoms with Crippen LogP contribution >= 0.6 is 0 Å². The summed E-state index contributed by atoms with van der Waals surface area (Å²) in [7, 11) is 0. The van der Waals surface area contributed by atoms with Crippen LogP contribution in [0, 0.1) is 23.7 Å². The third kappa shape index (κ3) is 1.55. The fraction of sp³-hybridized carbons (Fsp3) is 0.467. The summed E-state index contributed by atoms with van der Waals surface area (Å²) in [4.78, 5) is 24.3. The molecule has 3 aliphatic rings. The van der Waals surface area contributed by atoms with Gasteiger partial charge in [0.15, 0.2) is 0 Å². The molecule has 3 fully saturated rings. The summed E-state index contributed by atoms with van der Waals surface area (Å²) in [5, 5.41) is 12.1. The number of phenolic OH excluding ortho intramolecular Hbond substituents is 1. The van der Waals surface area contributed by atoms with E-state index >= 15 is 0 Å². The Kier molecular flexibility index (Phi) is 2.34. The number of ether oxygens (including phenoxy) is 1. The molecular weight excluding hydrogens is 258 g/mol. The molecule has 2 saturated carbocycles. The van der Waals surface area contributed by atoms with Gasteiger partial charge in [-0.15, -0.1) is 0 Å². The highest BCUT2D eigenvalue weighted by atomic mass is 16.6. The third-order valence-electron chi connectivity index (χ3n) is 4.92. The maximum atomic E-state index is 12.4. The zero-order valence-electron chi connectivity index (χ0n) is 10.8. The quantitative estimate of drug-likeness (QED) is 0.633. The van der Waals surface area contributed by atoms with Crippen LogP contribution in [0.4, 0.5) is 5.69 Å². The Morgan fingerprint density at radius 1 is 1.25 bits per heavy atom. The van der Waals surface area contributed by atoms with Gasteiger partial charge in [0.25, 0.3) is 0 Å². The van der Waals surface area contributed by atoms with E-state index in [2.05, 4.69) is 5.32 Å². The molecule has 1 aromatic carbocycles. The van der Waals surface area contributed by atoms with Gasteiger partial charge in [-0.2, -0.15) is 0 Å². The van der Waals surface area contributed by atoms with E-state index in [0.29, 0.717) is 5.69 Å². The first-order chi connectivity index (χ1) is 9.63. The number of hydrogen-bond acceptors (Lipinski definition) is 4. The number of fused-ring (bicyclic) bond motifs is 1.